The highest BCUT2D eigenvalue weighted by molar-refractivity contribution is 6.75. The Bertz CT molecular complexity index is 701. The highest BCUT2D eigenvalue weighted by Crippen LogP contribution is 2.28. The van der Waals surface area contributed by atoms with Gasteiger partial charge in [0, 0.05) is 23.9 Å². The van der Waals surface area contributed by atoms with Crippen molar-refractivity contribution in [3.63, 3.8) is 0 Å². The van der Waals surface area contributed by atoms with Gasteiger partial charge in [-0.2, -0.15) is 0 Å². The molecular weight excluding hydrogens is 316 g/mol. The van der Waals surface area contributed by atoms with Crippen LogP contribution in [0.25, 0.3) is 10.9 Å². The molecule has 1 aromatic heterocycles. The first-order valence-electron chi connectivity index (χ1n) is 8.82. The Morgan fingerprint density at radius 2 is 2.04 bits per heavy atom. The molecule has 132 valence electrons. The number of fused-ring (bicyclic) bond motifs is 1. The lowest BCUT2D eigenvalue weighted by Crippen LogP contribution is -2.31. The molecule has 0 fully saturated rings. The number of carbonyl (C=O) groups excluding carboxylic acids is 1. The van der Waals surface area contributed by atoms with Crippen LogP contribution in [0, 0.1) is 0 Å². The molecule has 0 aliphatic heterocycles. The number of amides is 1. The molecule has 1 N–H and O–H groups in total. The Hall–Kier alpha value is -1.75. The molecule has 0 spiro atoms. The van der Waals surface area contributed by atoms with Crippen molar-refractivity contribution < 1.29 is 9.53 Å². The minimum Gasteiger partial charge on any atom is -0.497 e. The monoisotopic (exact) mass is 346 g/mol. The van der Waals surface area contributed by atoms with Gasteiger partial charge in [0.25, 0.3) is 0 Å². The van der Waals surface area contributed by atoms with E-state index in [9.17, 15) is 4.79 Å². The number of hydrogen-bond donors (Lipinski definition) is 1. The van der Waals surface area contributed by atoms with E-state index in [1.165, 1.54) is 16.5 Å². The summed E-state index contributed by atoms with van der Waals surface area (Å²) in [6.07, 6.45) is 5.75. The zero-order valence-electron chi connectivity index (χ0n) is 15.6. The number of aromatic nitrogens is 1. The molecule has 0 atom stereocenters. The summed E-state index contributed by atoms with van der Waals surface area (Å²) in [5.74, 6) is 1.03. The van der Waals surface area contributed by atoms with Crippen molar-refractivity contribution in [2.24, 2.45) is 0 Å². The molecule has 0 saturated carbocycles. The van der Waals surface area contributed by atoms with E-state index >= 15 is 0 Å². The lowest BCUT2D eigenvalue weighted by molar-refractivity contribution is -0.121. The quantitative estimate of drug-likeness (QED) is 0.729. The third-order valence-electron chi connectivity index (χ3n) is 4.29. The number of nitrogens with zero attached hydrogens (tertiary/aromatic N) is 1. The fraction of sp³-hybridized carbons (Fsp3) is 0.526. The molecule has 0 bridgehead atoms. The van der Waals surface area contributed by atoms with E-state index in [0.29, 0.717) is 13.0 Å². The van der Waals surface area contributed by atoms with Gasteiger partial charge < -0.3 is 14.3 Å². The topological polar surface area (TPSA) is 43.3 Å². The smallest absolute Gasteiger partial charge is 0.220 e. The molecule has 2 aromatic rings. The third-order valence-corrected chi connectivity index (χ3v) is 6.11. The first-order valence-corrected chi connectivity index (χ1v) is 12.3. The van der Waals surface area contributed by atoms with Gasteiger partial charge in [-0.25, -0.2) is 0 Å². The van der Waals surface area contributed by atoms with Gasteiger partial charge in [0.15, 0.2) is 8.24 Å². The van der Waals surface area contributed by atoms with Gasteiger partial charge in [-0.15, -0.1) is 0 Å². The van der Waals surface area contributed by atoms with Crippen molar-refractivity contribution in [2.75, 3.05) is 13.7 Å². The van der Waals surface area contributed by atoms with E-state index in [1.54, 1.807) is 7.11 Å². The Kier molecular flexibility index (Phi) is 6.10. The molecule has 0 saturated heterocycles. The lowest BCUT2D eigenvalue weighted by atomic mass is 10.1. The first kappa shape index (κ1) is 18.6. The summed E-state index contributed by atoms with van der Waals surface area (Å²) in [6, 6.07) is 6.28. The summed E-state index contributed by atoms with van der Waals surface area (Å²) >= 11 is 0. The van der Waals surface area contributed by atoms with Crippen molar-refractivity contribution >= 4 is 25.0 Å². The number of carbonyl (C=O) groups is 1. The highest BCUT2D eigenvalue weighted by Gasteiger charge is 2.20. The molecule has 1 heterocycles. The maximum atomic E-state index is 11.8. The normalized spacial score (nSPS) is 11.7. The van der Waals surface area contributed by atoms with E-state index in [-0.39, 0.29) is 5.91 Å². The van der Waals surface area contributed by atoms with Crippen LogP contribution in [-0.2, 0) is 11.2 Å². The number of benzene rings is 1. The molecule has 0 aliphatic carbocycles. The van der Waals surface area contributed by atoms with Crippen molar-refractivity contribution in [3.8, 4) is 5.75 Å². The van der Waals surface area contributed by atoms with Crippen molar-refractivity contribution in [3.05, 3.63) is 30.0 Å². The Morgan fingerprint density at radius 3 is 2.67 bits per heavy atom. The Balaban J connectivity index is 2.21. The van der Waals surface area contributed by atoms with Gasteiger partial charge in [-0.1, -0.05) is 33.0 Å². The van der Waals surface area contributed by atoms with Gasteiger partial charge in [0.05, 0.1) is 7.11 Å². The van der Waals surface area contributed by atoms with Crippen LogP contribution < -0.4 is 10.1 Å². The van der Waals surface area contributed by atoms with Crippen LogP contribution in [-0.4, -0.2) is 32.0 Å². The SMILES string of the molecule is CCCCC(=O)NCCc1cn([Si](C)(C)C)c2ccc(OC)cc12. The Labute approximate surface area is 146 Å². The predicted molar refractivity (Wildman–Crippen MR) is 103 cm³/mol. The summed E-state index contributed by atoms with van der Waals surface area (Å²) in [5.41, 5.74) is 2.55. The van der Waals surface area contributed by atoms with Crippen LogP contribution in [0.15, 0.2) is 24.4 Å². The van der Waals surface area contributed by atoms with Gasteiger partial charge in [0.2, 0.25) is 5.91 Å². The molecule has 0 unspecified atom stereocenters. The van der Waals surface area contributed by atoms with E-state index in [1.807, 2.05) is 6.07 Å². The van der Waals surface area contributed by atoms with Crippen LogP contribution >= 0.6 is 0 Å². The first-order chi connectivity index (χ1) is 11.4. The highest BCUT2D eigenvalue weighted by atomic mass is 28.3. The summed E-state index contributed by atoms with van der Waals surface area (Å²) in [6.45, 7) is 9.81. The minimum absolute atomic E-state index is 0.156. The standard InChI is InChI=1S/C19H30N2O2Si/c1-6-7-8-19(22)20-12-11-15-14-21(24(3,4)5)18-10-9-16(23-2)13-17(15)18/h9-10,13-14H,6-8,11-12H2,1-5H3,(H,20,22). The summed E-state index contributed by atoms with van der Waals surface area (Å²) in [4.78, 5) is 11.8. The van der Waals surface area contributed by atoms with Gasteiger partial charge >= 0.3 is 0 Å². The van der Waals surface area contributed by atoms with E-state index in [0.717, 1.165) is 25.0 Å². The Morgan fingerprint density at radius 1 is 1.29 bits per heavy atom. The van der Waals surface area contributed by atoms with Crippen molar-refractivity contribution in [1.29, 1.82) is 0 Å². The second-order valence-corrected chi connectivity index (χ2v) is 12.1. The van der Waals surface area contributed by atoms with Gasteiger partial charge in [0.1, 0.15) is 5.75 Å². The van der Waals surface area contributed by atoms with Gasteiger partial charge in [-0.3, -0.25) is 4.79 Å². The summed E-state index contributed by atoms with van der Waals surface area (Å²) < 4.78 is 7.83. The minimum atomic E-state index is -1.49. The molecule has 1 amide bonds. The van der Waals surface area contributed by atoms with Crippen LogP contribution in [0.1, 0.15) is 31.7 Å². The van der Waals surface area contributed by atoms with Crippen molar-refractivity contribution in [1.82, 2.24) is 9.55 Å². The maximum absolute atomic E-state index is 11.8. The molecule has 5 heteroatoms. The fourth-order valence-corrected chi connectivity index (χ4v) is 4.38. The summed E-state index contributed by atoms with van der Waals surface area (Å²) in [5, 5.41) is 4.27. The molecule has 0 radical (unpaired) electrons. The fourth-order valence-electron chi connectivity index (χ4n) is 2.92. The molecule has 1 aromatic carbocycles. The van der Waals surface area contributed by atoms with Crippen molar-refractivity contribution in [2.45, 2.75) is 52.2 Å². The molecular formula is C19H30N2O2Si. The number of ether oxygens (including phenoxy) is 1. The number of unbranched alkanes of at least 4 members (excludes halogenated alkanes) is 1. The van der Waals surface area contributed by atoms with Gasteiger partial charge in [-0.05, 0) is 42.8 Å². The van der Waals surface area contributed by atoms with Crippen LogP contribution in [0.2, 0.25) is 19.6 Å². The maximum Gasteiger partial charge on any atom is 0.220 e. The largest absolute Gasteiger partial charge is 0.497 e. The van der Waals surface area contributed by atoms with E-state index in [4.69, 9.17) is 4.74 Å². The average Bonchev–Trinajstić information content (AvgIpc) is 2.91. The second kappa shape index (κ2) is 7.88. The van der Waals surface area contributed by atoms with Crippen LogP contribution in [0.4, 0.5) is 0 Å². The lowest BCUT2D eigenvalue weighted by Gasteiger charge is -2.20. The molecule has 0 aliphatic rings. The number of hydrogen-bond acceptors (Lipinski definition) is 2. The summed E-state index contributed by atoms with van der Waals surface area (Å²) in [7, 11) is 0.204. The van der Waals surface area contributed by atoms with E-state index < -0.39 is 8.24 Å². The van der Waals surface area contributed by atoms with E-state index in [2.05, 4.69) is 54.4 Å². The van der Waals surface area contributed by atoms with Crippen LogP contribution in [0.3, 0.4) is 0 Å². The number of nitrogens with one attached hydrogen (secondary N) is 1. The third kappa shape index (κ3) is 4.41. The molecule has 2 rings (SSSR count). The predicted octanol–water partition coefficient (Wildman–Crippen LogP) is 4.18. The zero-order chi connectivity index (χ0) is 17.7. The number of methoxy groups -OCH3 is 1. The zero-order valence-corrected chi connectivity index (χ0v) is 16.6. The second-order valence-electron chi connectivity index (χ2n) is 7.28. The molecule has 24 heavy (non-hydrogen) atoms. The average molecular weight is 347 g/mol. The molecule has 4 nitrogen and oxygen atoms in total. The van der Waals surface area contributed by atoms with Crippen LogP contribution in [0.5, 0.6) is 5.75 Å². The number of rotatable bonds is 8.